The second kappa shape index (κ2) is 4.89. The van der Waals surface area contributed by atoms with Crippen LogP contribution < -0.4 is 0 Å². The second-order valence-electron chi connectivity index (χ2n) is 8.82. The van der Waals surface area contributed by atoms with E-state index in [1.54, 1.807) is 20.8 Å². The van der Waals surface area contributed by atoms with Crippen LogP contribution in [0, 0.1) is 10.8 Å². The molecule has 5 nitrogen and oxygen atoms in total. The van der Waals surface area contributed by atoms with E-state index in [-0.39, 0.29) is 5.41 Å². The van der Waals surface area contributed by atoms with E-state index < -0.39 is 28.6 Å². The highest BCUT2D eigenvalue weighted by atomic mass is 16.6. The van der Waals surface area contributed by atoms with Gasteiger partial charge in [-0.05, 0) is 38.0 Å². The molecule has 122 valence electrons. The van der Waals surface area contributed by atoms with E-state index in [9.17, 15) is 14.7 Å². The van der Waals surface area contributed by atoms with Gasteiger partial charge in [-0.15, -0.1) is 0 Å². The number of likely N-dealkylation sites (tertiary alicyclic amines) is 1. The fourth-order valence-corrected chi connectivity index (χ4v) is 3.13. The molecule has 1 saturated heterocycles. The average Bonchev–Trinajstić information content (AvgIpc) is 2.48. The topological polar surface area (TPSA) is 66.8 Å². The Labute approximate surface area is 127 Å². The number of amides is 1. The van der Waals surface area contributed by atoms with Crippen molar-refractivity contribution in [3.8, 4) is 0 Å². The SMILES string of the molecule is CC1(C)CN(C(=O)OC(C)(C)C)C(C(=O)O)(C(C)(C)C)C1. The summed E-state index contributed by atoms with van der Waals surface area (Å²) in [7, 11) is 0. The van der Waals surface area contributed by atoms with E-state index in [1.807, 2.05) is 34.6 Å². The van der Waals surface area contributed by atoms with Gasteiger partial charge in [0.05, 0.1) is 0 Å². The van der Waals surface area contributed by atoms with Gasteiger partial charge in [-0.2, -0.15) is 0 Å². The Balaban J connectivity index is 3.32. The maximum absolute atomic E-state index is 12.6. The first-order valence-corrected chi connectivity index (χ1v) is 7.36. The molecule has 1 unspecified atom stereocenters. The van der Waals surface area contributed by atoms with Crippen LogP contribution in [0.25, 0.3) is 0 Å². The first kappa shape index (κ1) is 17.8. The number of rotatable bonds is 1. The van der Waals surface area contributed by atoms with Crippen LogP contribution in [-0.4, -0.2) is 39.8 Å². The largest absolute Gasteiger partial charge is 0.479 e. The highest BCUT2D eigenvalue weighted by molar-refractivity contribution is 5.86. The molecule has 1 rings (SSSR count). The van der Waals surface area contributed by atoms with Gasteiger partial charge in [0.1, 0.15) is 11.1 Å². The number of carboxylic acid groups (broad SMARTS) is 1. The molecule has 0 aromatic carbocycles. The molecule has 0 bridgehead atoms. The number of hydrogen-bond acceptors (Lipinski definition) is 3. The smallest absolute Gasteiger partial charge is 0.411 e. The van der Waals surface area contributed by atoms with Crippen LogP contribution in [0.15, 0.2) is 0 Å². The lowest BCUT2D eigenvalue weighted by Gasteiger charge is -2.44. The van der Waals surface area contributed by atoms with Gasteiger partial charge in [-0.3, -0.25) is 4.90 Å². The van der Waals surface area contributed by atoms with E-state index in [0.717, 1.165) is 0 Å². The van der Waals surface area contributed by atoms with Crippen molar-refractivity contribution in [2.75, 3.05) is 6.54 Å². The zero-order valence-electron chi connectivity index (χ0n) is 14.5. The van der Waals surface area contributed by atoms with Gasteiger partial charge in [0.2, 0.25) is 0 Å². The lowest BCUT2D eigenvalue weighted by Crippen LogP contribution is -2.61. The zero-order valence-corrected chi connectivity index (χ0v) is 14.5. The Kier molecular flexibility index (Phi) is 4.14. The number of carboxylic acids is 1. The van der Waals surface area contributed by atoms with Crippen LogP contribution in [0.5, 0.6) is 0 Å². The summed E-state index contributed by atoms with van der Waals surface area (Å²) < 4.78 is 5.44. The van der Waals surface area contributed by atoms with Crippen LogP contribution >= 0.6 is 0 Å². The Morgan fingerprint density at radius 2 is 1.57 bits per heavy atom. The Bertz CT molecular complexity index is 442. The van der Waals surface area contributed by atoms with E-state index in [0.29, 0.717) is 13.0 Å². The van der Waals surface area contributed by atoms with Gasteiger partial charge in [0, 0.05) is 6.54 Å². The lowest BCUT2D eigenvalue weighted by molar-refractivity contribution is -0.157. The Hall–Kier alpha value is -1.26. The predicted octanol–water partition coefficient (Wildman–Crippen LogP) is 3.52. The standard InChI is InChI=1S/C16H29NO4/c1-13(2,3)16(11(18)19)9-15(7,8)10-17(16)12(20)21-14(4,5)6/h9-10H2,1-8H3,(H,18,19). The molecule has 1 heterocycles. The lowest BCUT2D eigenvalue weighted by atomic mass is 9.68. The normalized spacial score (nSPS) is 25.8. The fourth-order valence-electron chi connectivity index (χ4n) is 3.13. The average molecular weight is 299 g/mol. The predicted molar refractivity (Wildman–Crippen MR) is 81.2 cm³/mol. The molecule has 1 aliphatic rings. The monoisotopic (exact) mass is 299 g/mol. The minimum absolute atomic E-state index is 0.261. The minimum atomic E-state index is -1.25. The maximum atomic E-state index is 12.6. The van der Waals surface area contributed by atoms with Gasteiger partial charge in [0.15, 0.2) is 0 Å². The molecule has 0 radical (unpaired) electrons. The molecule has 5 heteroatoms. The number of hydrogen-bond donors (Lipinski definition) is 1. The molecule has 21 heavy (non-hydrogen) atoms. The first-order valence-electron chi connectivity index (χ1n) is 7.36. The number of ether oxygens (including phenoxy) is 1. The Morgan fingerprint density at radius 1 is 1.10 bits per heavy atom. The highest BCUT2D eigenvalue weighted by Crippen LogP contribution is 2.51. The summed E-state index contributed by atoms with van der Waals surface area (Å²) in [5.74, 6) is -0.966. The summed E-state index contributed by atoms with van der Waals surface area (Å²) >= 11 is 0. The van der Waals surface area contributed by atoms with E-state index >= 15 is 0 Å². The summed E-state index contributed by atoms with van der Waals surface area (Å²) in [6, 6.07) is 0. The van der Waals surface area contributed by atoms with Crippen molar-refractivity contribution in [3.05, 3.63) is 0 Å². The first-order chi connectivity index (χ1) is 9.12. The van der Waals surface area contributed by atoms with Crippen LogP contribution in [-0.2, 0) is 9.53 Å². The minimum Gasteiger partial charge on any atom is -0.479 e. The molecule has 0 saturated carbocycles. The van der Waals surface area contributed by atoms with E-state index in [4.69, 9.17) is 4.74 Å². The molecule has 1 fully saturated rings. The quantitative estimate of drug-likeness (QED) is 0.804. The third kappa shape index (κ3) is 3.33. The number of carbonyl (C=O) groups excluding carboxylic acids is 1. The van der Waals surface area contributed by atoms with Crippen molar-refractivity contribution >= 4 is 12.1 Å². The molecule has 1 amide bonds. The molecule has 0 spiro atoms. The van der Waals surface area contributed by atoms with Crippen molar-refractivity contribution in [1.82, 2.24) is 4.90 Å². The van der Waals surface area contributed by atoms with Crippen LogP contribution in [0.2, 0.25) is 0 Å². The van der Waals surface area contributed by atoms with Crippen LogP contribution in [0.3, 0.4) is 0 Å². The van der Waals surface area contributed by atoms with Gasteiger partial charge in [0.25, 0.3) is 0 Å². The summed E-state index contributed by atoms with van der Waals surface area (Å²) in [5, 5.41) is 9.90. The summed E-state index contributed by atoms with van der Waals surface area (Å²) in [5.41, 5.74) is -2.75. The molecule has 0 aromatic heterocycles. The van der Waals surface area contributed by atoms with Gasteiger partial charge in [-0.1, -0.05) is 34.6 Å². The molecule has 0 aromatic rings. The molecular formula is C16H29NO4. The third-order valence-electron chi connectivity index (χ3n) is 3.99. The highest BCUT2D eigenvalue weighted by Gasteiger charge is 2.63. The molecular weight excluding hydrogens is 270 g/mol. The number of nitrogens with zero attached hydrogens (tertiary/aromatic N) is 1. The van der Waals surface area contributed by atoms with Gasteiger partial charge in [-0.25, -0.2) is 9.59 Å². The van der Waals surface area contributed by atoms with E-state index in [1.165, 1.54) is 4.90 Å². The van der Waals surface area contributed by atoms with E-state index in [2.05, 4.69) is 0 Å². The van der Waals surface area contributed by atoms with Crippen molar-refractivity contribution in [2.24, 2.45) is 10.8 Å². The van der Waals surface area contributed by atoms with Gasteiger partial charge >= 0.3 is 12.1 Å². The van der Waals surface area contributed by atoms with Crippen molar-refractivity contribution in [2.45, 2.75) is 73.0 Å². The van der Waals surface area contributed by atoms with Crippen molar-refractivity contribution in [3.63, 3.8) is 0 Å². The zero-order chi connectivity index (χ0) is 16.9. The fraction of sp³-hybridized carbons (Fsp3) is 0.875. The maximum Gasteiger partial charge on any atom is 0.411 e. The van der Waals surface area contributed by atoms with Gasteiger partial charge < -0.3 is 9.84 Å². The summed E-state index contributed by atoms with van der Waals surface area (Å²) in [4.78, 5) is 26.1. The summed E-state index contributed by atoms with van der Waals surface area (Å²) in [6.07, 6.45) is -0.136. The second-order valence-corrected chi connectivity index (χ2v) is 8.82. The number of aliphatic carboxylic acids is 1. The van der Waals surface area contributed by atoms with Crippen LogP contribution in [0.4, 0.5) is 4.79 Å². The number of carbonyl (C=O) groups is 2. The molecule has 0 aliphatic carbocycles. The van der Waals surface area contributed by atoms with Crippen molar-refractivity contribution < 1.29 is 19.4 Å². The third-order valence-corrected chi connectivity index (χ3v) is 3.99. The van der Waals surface area contributed by atoms with Crippen molar-refractivity contribution in [1.29, 1.82) is 0 Å². The molecule has 1 N–H and O–H groups in total. The summed E-state index contributed by atoms with van der Waals surface area (Å²) in [6.45, 7) is 15.3. The molecule has 1 aliphatic heterocycles. The van der Waals surface area contributed by atoms with Crippen LogP contribution in [0.1, 0.15) is 61.8 Å². The Morgan fingerprint density at radius 3 is 1.90 bits per heavy atom. The molecule has 1 atom stereocenters.